The maximum absolute atomic E-state index is 14.0. The monoisotopic (exact) mass is 848 g/mol. The van der Waals surface area contributed by atoms with Crippen molar-refractivity contribution in [3.8, 4) is 5.82 Å². The lowest BCUT2D eigenvalue weighted by molar-refractivity contribution is -0.134. The van der Waals surface area contributed by atoms with Crippen LogP contribution in [0.1, 0.15) is 108 Å². The van der Waals surface area contributed by atoms with E-state index in [1.54, 1.807) is 10.8 Å². The first kappa shape index (κ1) is 39.3. The Bertz CT molecular complexity index is 2960. The molecule has 2 fully saturated rings. The molecule has 5 aliphatic rings. The molecule has 6 aromatic rings. The summed E-state index contributed by atoms with van der Waals surface area (Å²) in [5.74, 6) is -0.238. The minimum Gasteiger partial charge on any atom is -0.384 e. The van der Waals surface area contributed by atoms with Crippen molar-refractivity contribution in [1.82, 2.24) is 44.6 Å². The number of aliphatic hydroxyl groups is 1. The fourth-order valence-corrected chi connectivity index (χ4v) is 10.8. The lowest BCUT2D eigenvalue weighted by Crippen LogP contribution is -2.48. The molecule has 1 saturated heterocycles. The van der Waals surface area contributed by atoms with Crippen molar-refractivity contribution in [2.75, 3.05) is 11.9 Å². The number of hydrogen-bond donors (Lipinski definition) is 3. The third-order valence-electron chi connectivity index (χ3n) is 14.3. The number of nitrogens with zero attached hydrogens (tertiary/aromatic N) is 8. The summed E-state index contributed by atoms with van der Waals surface area (Å²) in [5.41, 5.74) is 6.79. The second-order valence-electron chi connectivity index (χ2n) is 17.7. The first-order chi connectivity index (χ1) is 30.6. The minimum atomic E-state index is -1.02. The van der Waals surface area contributed by atoms with Crippen LogP contribution < -0.4 is 16.2 Å². The van der Waals surface area contributed by atoms with Crippen molar-refractivity contribution in [2.45, 2.75) is 114 Å². The molecule has 0 radical (unpaired) electrons. The zero-order valence-corrected chi connectivity index (χ0v) is 35.1. The van der Waals surface area contributed by atoms with Gasteiger partial charge in [0.25, 0.3) is 11.5 Å². The molecule has 7 heterocycles. The lowest BCUT2D eigenvalue weighted by Gasteiger charge is -2.41. The number of imide groups is 1. The molecule has 1 saturated carbocycles. The molecular weight excluding hydrogens is 801 g/mol. The molecule has 16 heteroatoms. The Hall–Kier alpha value is -6.52. The number of benzene rings is 2. The molecular formula is C47H48N10O6. The maximum Gasteiger partial charge on any atom is 0.278 e. The molecule has 0 spiro atoms. The summed E-state index contributed by atoms with van der Waals surface area (Å²) < 4.78 is 9.08. The van der Waals surface area contributed by atoms with Gasteiger partial charge >= 0.3 is 0 Å². The number of aryl methyl sites for hydroxylation is 1. The van der Waals surface area contributed by atoms with E-state index in [0.29, 0.717) is 71.6 Å². The van der Waals surface area contributed by atoms with Gasteiger partial charge in [-0.2, -0.15) is 4.98 Å². The normalized spacial score (nSPS) is 23.6. The fourth-order valence-electron chi connectivity index (χ4n) is 10.8. The Morgan fingerprint density at radius 1 is 0.937 bits per heavy atom. The van der Waals surface area contributed by atoms with Gasteiger partial charge in [0, 0.05) is 66.5 Å². The summed E-state index contributed by atoms with van der Waals surface area (Å²) in [6.45, 7) is 8.24. The average Bonchev–Trinajstić information content (AvgIpc) is 4.07. The first-order valence-corrected chi connectivity index (χ1v) is 22.1. The van der Waals surface area contributed by atoms with Crippen LogP contribution in [0.5, 0.6) is 0 Å². The number of fused-ring (bicyclic) bond motifs is 6. The van der Waals surface area contributed by atoms with E-state index in [0.717, 1.165) is 85.0 Å². The minimum absolute atomic E-state index is 0.0569. The summed E-state index contributed by atoms with van der Waals surface area (Å²) >= 11 is 0. The van der Waals surface area contributed by atoms with E-state index in [1.165, 1.54) is 16.4 Å². The van der Waals surface area contributed by atoms with Gasteiger partial charge in [-0.05, 0) is 105 Å². The van der Waals surface area contributed by atoms with Gasteiger partial charge in [0.2, 0.25) is 17.8 Å². The van der Waals surface area contributed by atoms with E-state index in [9.17, 15) is 24.3 Å². The molecule has 3 aliphatic heterocycles. The summed E-state index contributed by atoms with van der Waals surface area (Å²) in [4.78, 5) is 70.8. The summed E-state index contributed by atoms with van der Waals surface area (Å²) in [7, 11) is 0. The van der Waals surface area contributed by atoms with Gasteiger partial charge in [-0.15, -0.1) is 6.58 Å². The number of aromatic nitrogens is 6. The number of piperidine rings is 1. The predicted molar refractivity (Wildman–Crippen MR) is 233 cm³/mol. The number of carbonyl (C=O) groups excluding carboxylic acids is 3. The van der Waals surface area contributed by atoms with E-state index in [-0.39, 0.29) is 42.3 Å². The molecule has 1 unspecified atom stereocenters. The second kappa shape index (κ2) is 15.1. The van der Waals surface area contributed by atoms with Crippen LogP contribution in [0.3, 0.4) is 0 Å². The van der Waals surface area contributed by atoms with Crippen LogP contribution in [0, 0.1) is 0 Å². The Kier molecular flexibility index (Phi) is 9.42. The van der Waals surface area contributed by atoms with E-state index in [4.69, 9.17) is 14.5 Å². The van der Waals surface area contributed by atoms with Crippen LogP contribution >= 0.6 is 0 Å². The molecule has 2 atom stereocenters. The smallest absolute Gasteiger partial charge is 0.278 e. The maximum atomic E-state index is 14.0. The number of rotatable bonds is 9. The molecule has 2 aromatic carbocycles. The molecule has 3 amide bonds. The van der Waals surface area contributed by atoms with Crippen molar-refractivity contribution in [1.29, 1.82) is 0 Å². The van der Waals surface area contributed by atoms with E-state index >= 15 is 0 Å². The Morgan fingerprint density at radius 3 is 2.57 bits per heavy atom. The number of amides is 3. The van der Waals surface area contributed by atoms with Gasteiger partial charge in [-0.3, -0.25) is 29.4 Å². The van der Waals surface area contributed by atoms with Crippen LogP contribution in [-0.2, 0) is 47.7 Å². The van der Waals surface area contributed by atoms with Gasteiger partial charge < -0.3 is 19.8 Å². The van der Waals surface area contributed by atoms with E-state index < -0.39 is 11.5 Å². The molecule has 3 N–H and O–H groups in total. The van der Waals surface area contributed by atoms with Gasteiger partial charge in [-0.1, -0.05) is 30.3 Å². The van der Waals surface area contributed by atoms with E-state index in [1.807, 2.05) is 43.3 Å². The lowest BCUT2D eigenvalue weighted by atomic mass is 9.87. The third-order valence-corrected chi connectivity index (χ3v) is 14.3. The topological polar surface area (TPSA) is 194 Å². The van der Waals surface area contributed by atoms with Crippen molar-refractivity contribution < 1.29 is 24.0 Å². The Morgan fingerprint density at radius 2 is 1.76 bits per heavy atom. The van der Waals surface area contributed by atoms with Gasteiger partial charge in [0.05, 0.1) is 18.2 Å². The summed E-state index contributed by atoms with van der Waals surface area (Å²) in [6.07, 6.45) is 10.3. The SMILES string of the molecule is C=CCn1c(=O)c2cnc(Nc3ccc4c(c3)CCN([C@H]3CC[C@@H](N5Cc6ccc7c(C8CCC(=O)NC8=O)noc7c6C5)CC3)C4=O)nc2n1-c1ccc2c(n1)[C@@](O)(CC)CC2. The van der Waals surface area contributed by atoms with Gasteiger partial charge in [0.15, 0.2) is 17.0 Å². The van der Waals surface area contributed by atoms with Crippen LogP contribution in [-0.4, -0.2) is 80.7 Å². The van der Waals surface area contributed by atoms with Crippen LogP contribution in [0.25, 0.3) is 27.8 Å². The van der Waals surface area contributed by atoms with Gasteiger partial charge in [-0.25, -0.2) is 19.3 Å². The number of anilines is 2. The molecule has 63 heavy (non-hydrogen) atoms. The van der Waals surface area contributed by atoms with Gasteiger partial charge in [0.1, 0.15) is 16.7 Å². The highest BCUT2D eigenvalue weighted by Gasteiger charge is 2.39. The average molecular weight is 849 g/mol. The second-order valence-corrected chi connectivity index (χ2v) is 17.7. The predicted octanol–water partition coefficient (Wildman–Crippen LogP) is 5.44. The van der Waals surface area contributed by atoms with Crippen LogP contribution in [0.2, 0.25) is 0 Å². The summed E-state index contributed by atoms with van der Waals surface area (Å²) in [5, 5.41) is 22.6. The largest absolute Gasteiger partial charge is 0.384 e. The number of allylic oxidation sites excluding steroid dienone is 1. The highest BCUT2D eigenvalue weighted by Crippen LogP contribution is 2.41. The van der Waals surface area contributed by atoms with Crippen molar-refractivity contribution in [3.63, 3.8) is 0 Å². The molecule has 11 rings (SSSR count). The van der Waals surface area contributed by atoms with E-state index in [2.05, 4.69) is 43.2 Å². The molecule has 4 aromatic heterocycles. The van der Waals surface area contributed by atoms with Crippen molar-refractivity contribution >= 4 is 51.4 Å². The Labute approximate surface area is 362 Å². The molecule has 2 aliphatic carbocycles. The number of hydrogen-bond acceptors (Lipinski definition) is 12. The molecule has 16 nitrogen and oxygen atoms in total. The standard InChI is InChI=1S/C47H48N10O6/c1-3-20-56-45(61)35-23-48-46(52-42(35)57(56)37-15-6-26-17-19-47(62,4-2)41(26)50-37)49-29-7-13-32-27(22-29)18-21-55(44(32)60)31-10-8-30(9-11-31)54-24-28-5-12-33-39(53-63-40(33)36(28)25-54)34-14-16-38(58)51-43(34)59/h3,5-7,12-13,15,22-23,30-31,34,62H,1,4,8-11,14,16-21,24-25H2,2H3,(H,48,49,52)(H,51,58,59)/t30-,31+,34?,47-/m1/s1. The van der Waals surface area contributed by atoms with Crippen LogP contribution in [0.15, 0.2) is 70.6 Å². The zero-order chi connectivity index (χ0) is 43.1. The highest BCUT2D eigenvalue weighted by molar-refractivity contribution is 6.02. The molecule has 0 bridgehead atoms. The number of pyridine rings is 1. The van der Waals surface area contributed by atoms with Crippen LogP contribution in [0.4, 0.5) is 11.6 Å². The molecule has 322 valence electrons. The first-order valence-electron chi connectivity index (χ1n) is 22.1. The number of carbonyl (C=O) groups is 3. The highest BCUT2D eigenvalue weighted by atomic mass is 16.5. The number of nitrogens with one attached hydrogen (secondary N) is 2. The quantitative estimate of drug-likeness (QED) is 0.124. The third kappa shape index (κ3) is 6.48. The van der Waals surface area contributed by atoms with Crippen molar-refractivity contribution in [2.24, 2.45) is 0 Å². The Balaban J connectivity index is 0.763. The summed E-state index contributed by atoms with van der Waals surface area (Å²) in [6, 6.07) is 14.2. The fraction of sp³-hybridized carbons (Fsp3) is 0.404. The van der Waals surface area contributed by atoms with Crippen molar-refractivity contribution in [3.05, 3.63) is 111 Å². The zero-order valence-electron chi connectivity index (χ0n) is 35.1.